The minimum Gasteiger partial charge on any atom is -0.127 e. The Labute approximate surface area is 180 Å². The maximum atomic E-state index is 5.91. The Kier molecular flexibility index (Phi) is 8.06. The molecule has 3 aromatic carbocycles. The largest absolute Gasteiger partial charge is 0.127 e. The molecule has 0 aromatic heterocycles. The summed E-state index contributed by atoms with van der Waals surface area (Å²) in [6.45, 7) is 4.61. The summed E-state index contributed by atoms with van der Waals surface area (Å²) in [6, 6.07) is 18.3. The minimum atomic E-state index is 0.676. The van der Waals surface area contributed by atoms with Crippen molar-refractivity contribution in [1.82, 2.24) is 0 Å². The van der Waals surface area contributed by atoms with Crippen molar-refractivity contribution < 1.29 is 0 Å². The van der Waals surface area contributed by atoms with Gasteiger partial charge in [-0.05, 0) is 95.2 Å². The number of hydrogen-bond donors (Lipinski definition) is 0. The zero-order valence-electron chi connectivity index (χ0n) is 17.2. The highest BCUT2D eigenvalue weighted by Gasteiger charge is 2.09. The summed E-state index contributed by atoms with van der Waals surface area (Å²) >= 11 is 11.8. The average molecular weight is 415 g/mol. The molecule has 2 heteroatoms. The highest BCUT2D eigenvalue weighted by Crippen LogP contribution is 2.30. The van der Waals surface area contributed by atoms with E-state index < -0.39 is 0 Å². The lowest BCUT2D eigenvalue weighted by molar-refractivity contribution is 0.520. The number of fused-ring (bicyclic) bond motifs is 2. The van der Waals surface area contributed by atoms with Gasteiger partial charge in [-0.3, -0.25) is 0 Å². The summed E-state index contributed by atoms with van der Waals surface area (Å²) in [5.74, 6) is 2.87. The van der Waals surface area contributed by atoms with Crippen LogP contribution in [0.4, 0.5) is 0 Å². The van der Waals surface area contributed by atoms with Gasteiger partial charge in [0.2, 0.25) is 0 Å². The lowest BCUT2D eigenvalue weighted by Gasteiger charge is -2.14. The molecule has 28 heavy (non-hydrogen) atoms. The molecule has 0 aliphatic carbocycles. The lowest BCUT2D eigenvalue weighted by Crippen LogP contribution is -1.99. The third-order valence-corrected chi connectivity index (χ3v) is 6.51. The molecule has 0 bridgehead atoms. The molecule has 0 spiro atoms. The fourth-order valence-corrected chi connectivity index (χ4v) is 4.83. The molecule has 0 saturated heterocycles. The van der Waals surface area contributed by atoms with Crippen LogP contribution in [0, 0.1) is 11.8 Å². The predicted octanol–water partition coefficient (Wildman–Crippen LogP) is 8.39. The van der Waals surface area contributed by atoms with E-state index in [-0.39, 0.29) is 0 Å². The van der Waals surface area contributed by atoms with E-state index >= 15 is 0 Å². The van der Waals surface area contributed by atoms with Crippen LogP contribution >= 0.6 is 23.2 Å². The molecule has 0 heterocycles. The summed E-state index contributed by atoms with van der Waals surface area (Å²) in [4.78, 5) is 0. The number of rotatable bonds is 10. The van der Waals surface area contributed by atoms with Crippen molar-refractivity contribution in [3.63, 3.8) is 0 Å². The van der Waals surface area contributed by atoms with Gasteiger partial charge in [0.25, 0.3) is 0 Å². The zero-order chi connectivity index (χ0) is 19.9. The van der Waals surface area contributed by atoms with E-state index in [1.54, 1.807) is 0 Å². The average Bonchev–Trinajstić information content (AvgIpc) is 2.69. The van der Waals surface area contributed by atoms with Crippen LogP contribution in [0.1, 0.15) is 50.7 Å². The van der Waals surface area contributed by atoms with Gasteiger partial charge in [0, 0.05) is 11.8 Å². The van der Waals surface area contributed by atoms with Crippen molar-refractivity contribution in [3.05, 3.63) is 59.7 Å². The van der Waals surface area contributed by atoms with Crippen molar-refractivity contribution in [2.45, 2.75) is 52.4 Å². The van der Waals surface area contributed by atoms with Gasteiger partial charge in [-0.2, -0.15) is 0 Å². The number of aryl methyl sites for hydroxylation is 2. The van der Waals surface area contributed by atoms with Crippen LogP contribution in [0.25, 0.3) is 21.5 Å². The third kappa shape index (κ3) is 5.43. The Morgan fingerprint density at radius 2 is 1.07 bits per heavy atom. The Morgan fingerprint density at radius 1 is 0.643 bits per heavy atom. The second kappa shape index (κ2) is 10.5. The molecule has 150 valence electrons. The fourth-order valence-electron chi connectivity index (χ4n) is 4.08. The van der Waals surface area contributed by atoms with Gasteiger partial charge in [-0.1, -0.05) is 50.2 Å². The molecular formula is C26H32Cl2. The van der Waals surface area contributed by atoms with Gasteiger partial charge < -0.3 is 0 Å². The summed E-state index contributed by atoms with van der Waals surface area (Å²) in [7, 11) is 0. The number of hydrogen-bond acceptors (Lipinski definition) is 0. The highest BCUT2D eigenvalue weighted by atomic mass is 35.5. The van der Waals surface area contributed by atoms with Crippen molar-refractivity contribution in [1.29, 1.82) is 0 Å². The van der Waals surface area contributed by atoms with Crippen molar-refractivity contribution >= 4 is 44.7 Å². The molecule has 0 N–H and O–H groups in total. The topological polar surface area (TPSA) is 0 Å². The normalized spacial score (nSPS) is 13.9. The van der Waals surface area contributed by atoms with Crippen LogP contribution in [-0.2, 0) is 12.8 Å². The third-order valence-electron chi connectivity index (χ3n) is 6.08. The van der Waals surface area contributed by atoms with E-state index in [2.05, 4.69) is 62.4 Å². The molecule has 0 aliphatic heterocycles. The Hall–Kier alpha value is -1.24. The van der Waals surface area contributed by atoms with Crippen molar-refractivity contribution in [2.24, 2.45) is 11.8 Å². The predicted molar refractivity (Wildman–Crippen MR) is 127 cm³/mol. The van der Waals surface area contributed by atoms with E-state index in [4.69, 9.17) is 23.2 Å². The second-order valence-electron chi connectivity index (χ2n) is 8.37. The van der Waals surface area contributed by atoms with Crippen molar-refractivity contribution in [3.8, 4) is 0 Å². The Bertz CT molecular complexity index is 824. The highest BCUT2D eigenvalue weighted by molar-refractivity contribution is 6.18. The first kappa shape index (κ1) is 21.5. The molecule has 2 atom stereocenters. The zero-order valence-corrected chi connectivity index (χ0v) is 18.7. The smallest absolute Gasteiger partial charge is 0.0225 e. The van der Waals surface area contributed by atoms with E-state index in [1.807, 2.05) is 0 Å². The van der Waals surface area contributed by atoms with Crippen LogP contribution < -0.4 is 0 Å². The molecule has 0 nitrogen and oxygen atoms in total. The molecule has 0 fully saturated rings. The fraction of sp³-hybridized carbons (Fsp3) is 0.462. The molecule has 3 rings (SSSR count). The van der Waals surface area contributed by atoms with Crippen LogP contribution in [0.5, 0.6) is 0 Å². The van der Waals surface area contributed by atoms with Crippen molar-refractivity contribution in [2.75, 3.05) is 11.8 Å². The molecule has 3 aromatic rings. The molecule has 2 unspecified atom stereocenters. The Balaban J connectivity index is 1.89. The van der Waals surface area contributed by atoms with Gasteiger partial charge in [-0.25, -0.2) is 0 Å². The molecule has 0 aliphatic rings. The first-order valence-electron chi connectivity index (χ1n) is 10.7. The van der Waals surface area contributed by atoms with Gasteiger partial charge in [0.15, 0.2) is 0 Å². The summed E-state index contributed by atoms with van der Waals surface area (Å²) in [5.41, 5.74) is 2.92. The van der Waals surface area contributed by atoms with Crippen LogP contribution in [0.2, 0.25) is 0 Å². The lowest BCUT2D eigenvalue weighted by atomic mass is 9.91. The Morgan fingerprint density at radius 3 is 1.46 bits per heavy atom. The SMILES string of the molecule is CC(CCCl)CCc1cccc2cc3c(CCC(C)CCCl)cccc3cc12. The van der Waals surface area contributed by atoms with Crippen LogP contribution in [0.15, 0.2) is 48.5 Å². The maximum absolute atomic E-state index is 5.91. The van der Waals surface area contributed by atoms with Gasteiger partial charge >= 0.3 is 0 Å². The summed E-state index contributed by atoms with van der Waals surface area (Å²) in [5, 5.41) is 5.52. The first-order valence-corrected chi connectivity index (χ1v) is 11.7. The van der Waals surface area contributed by atoms with E-state index in [0.29, 0.717) is 11.8 Å². The molecule has 0 amide bonds. The van der Waals surface area contributed by atoms with E-state index in [0.717, 1.165) is 37.4 Å². The van der Waals surface area contributed by atoms with Crippen LogP contribution in [0.3, 0.4) is 0 Å². The second-order valence-corrected chi connectivity index (χ2v) is 9.13. The quantitative estimate of drug-likeness (QED) is 0.230. The first-order chi connectivity index (χ1) is 13.6. The van der Waals surface area contributed by atoms with E-state index in [9.17, 15) is 0 Å². The van der Waals surface area contributed by atoms with Gasteiger partial charge in [-0.15, -0.1) is 23.2 Å². The van der Waals surface area contributed by atoms with Gasteiger partial charge in [0.05, 0.1) is 0 Å². The number of benzene rings is 3. The van der Waals surface area contributed by atoms with E-state index in [1.165, 1.54) is 45.5 Å². The van der Waals surface area contributed by atoms with Crippen LogP contribution in [-0.4, -0.2) is 11.8 Å². The maximum Gasteiger partial charge on any atom is 0.0225 e. The summed E-state index contributed by atoms with van der Waals surface area (Å²) < 4.78 is 0. The summed E-state index contributed by atoms with van der Waals surface area (Å²) in [6.07, 6.45) is 6.83. The molecule has 0 radical (unpaired) electrons. The number of halogens is 2. The molecular weight excluding hydrogens is 383 g/mol. The monoisotopic (exact) mass is 414 g/mol. The minimum absolute atomic E-state index is 0.676. The standard InChI is InChI=1S/C26H32Cl2/c1-19(13-15-27)9-11-21-5-3-7-23-18-26-22(12-10-20(2)14-16-28)6-4-8-24(26)17-25(21)23/h3-8,17-20H,9-16H2,1-2H3. The number of alkyl halides is 2. The van der Waals surface area contributed by atoms with Gasteiger partial charge in [0.1, 0.15) is 0 Å². The molecule has 0 saturated carbocycles.